The Kier molecular flexibility index (Phi) is 9.50. The number of aryl methyl sites for hydroxylation is 1. The van der Waals surface area contributed by atoms with Crippen LogP contribution in [0.5, 0.6) is 11.5 Å². The number of carbonyl (C=O) groups excluding carboxylic acids is 3. The number of phenols is 1. The van der Waals surface area contributed by atoms with E-state index in [1.54, 1.807) is 77.3 Å². The standard InChI is InChI=1S/C26H35N3O6/c1-7-15-29(21(30)16-27-25(33)35-26(3,4)5)22(20-10-8-9-17(2)23(20)31)24(32)28-18-11-13-19(34-6)14-12-18/h8-14,22,31H,7,15-16H2,1-6H3,(H,27,33)(H,28,32). The number of hydrogen-bond donors (Lipinski definition) is 3. The molecule has 3 N–H and O–H groups in total. The van der Waals surface area contributed by atoms with Gasteiger partial charge in [0.05, 0.1) is 7.11 Å². The van der Waals surface area contributed by atoms with Gasteiger partial charge in [-0.25, -0.2) is 4.79 Å². The molecule has 2 rings (SSSR count). The highest BCUT2D eigenvalue weighted by Gasteiger charge is 2.33. The lowest BCUT2D eigenvalue weighted by Gasteiger charge is -2.32. The van der Waals surface area contributed by atoms with E-state index in [2.05, 4.69) is 10.6 Å². The van der Waals surface area contributed by atoms with Gasteiger partial charge in [-0.05, 0) is 63.9 Å². The molecule has 1 unspecified atom stereocenters. The molecule has 9 nitrogen and oxygen atoms in total. The number of amides is 3. The predicted octanol–water partition coefficient (Wildman–Crippen LogP) is 4.15. The fourth-order valence-corrected chi connectivity index (χ4v) is 3.44. The third-order valence-electron chi connectivity index (χ3n) is 5.05. The molecule has 0 saturated carbocycles. The Morgan fingerprint density at radius 3 is 2.31 bits per heavy atom. The van der Waals surface area contributed by atoms with Gasteiger partial charge in [0, 0.05) is 17.8 Å². The molecule has 1 atom stereocenters. The Morgan fingerprint density at radius 2 is 1.74 bits per heavy atom. The number of methoxy groups -OCH3 is 1. The Bertz CT molecular complexity index is 1030. The normalized spacial score (nSPS) is 11.8. The molecule has 0 radical (unpaired) electrons. The molecular formula is C26H35N3O6. The number of carbonyl (C=O) groups is 3. The van der Waals surface area contributed by atoms with E-state index in [0.29, 0.717) is 23.4 Å². The molecule has 9 heteroatoms. The molecule has 0 aliphatic carbocycles. The van der Waals surface area contributed by atoms with Crippen LogP contribution < -0.4 is 15.4 Å². The maximum Gasteiger partial charge on any atom is 0.408 e. The molecule has 0 bridgehead atoms. The van der Waals surface area contributed by atoms with Gasteiger partial charge in [-0.15, -0.1) is 0 Å². The van der Waals surface area contributed by atoms with Gasteiger partial charge in [0.1, 0.15) is 29.7 Å². The fraction of sp³-hybridized carbons (Fsp3) is 0.423. The van der Waals surface area contributed by atoms with E-state index in [-0.39, 0.29) is 24.4 Å². The second-order valence-corrected chi connectivity index (χ2v) is 9.08. The molecule has 3 amide bonds. The molecule has 0 aliphatic rings. The van der Waals surface area contributed by atoms with Gasteiger partial charge in [0.15, 0.2) is 0 Å². The van der Waals surface area contributed by atoms with Crippen molar-refractivity contribution in [2.24, 2.45) is 0 Å². The average molecular weight is 486 g/mol. The van der Waals surface area contributed by atoms with Gasteiger partial charge in [0.25, 0.3) is 5.91 Å². The summed E-state index contributed by atoms with van der Waals surface area (Å²) in [5, 5.41) is 16.0. The maximum absolute atomic E-state index is 13.5. The van der Waals surface area contributed by atoms with E-state index in [4.69, 9.17) is 9.47 Å². The first-order chi connectivity index (χ1) is 16.5. The molecule has 0 fully saturated rings. The number of hydrogen-bond acceptors (Lipinski definition) is 6. The summed E-state index contributed by atoms with van der Waals surface area (Å²) < 4.78 is 10.4. The third-order valence-corrected chi connectivity index (χ3v) is 5.05. The minimum absolute atomic E-state index is 0.0728. The molecule has 0 spiro atoms. The first kappa shape index (κ1) is 27.5. The van der Waals surface area contributed by atoms with Gasteiger partial charge in [-0.1, -0.05) is 25.1 Å². The lowest BCUT2D eigenvalue weighted by molar-refractivity contribution is -0.138. The summed E-state index contributed by atoms with van der Waals surface area (Å²) in [6, 6.07) is 10.7. The Hall–Kier alpha value is -3.75. The second kappa shape index (κ2) is 12.1. The van der Waals surface area contributed by atoms with Crippen molar-refractivity contribution in [2.75, 3.05) is 25.5 Å². The lowest BCUT2D eigenvalue weighted by Crippen LogP contribution is -2.46. The highest BCUT2D eigenvalue weighted by molar-refractivity contribution is 5.98. The van der Waals surface area contributed by atoms with Gasteiger partial charge in [-0.2, -0.15) is 0 Å². The molecule has 190 valence electrons. The van der Waals surface area contributed by atoms with Crippen LogP contribution in [0.25, 0.3) is 0 Å². The van der Waals surface area contributed by atoms with Crippen LogP contribution >= 0.6 is 0 Å². The highest BCUT2D eigenvalue weighted by atomic mass is 16.6. The molecule has 2 aromatic rings. The summed E-state index contributed by atoms with van der Waals surface area (Å²) >= 11 is 0. The number of ether oxygens (including phenoxy) is 2. The number of benzene rings is 2. The summed E-state index contributed by atoms with van der Waals surface area (Å²) in [6.07, 6.45) is -0.184. The Labute approximate surface area is 206 Å². The summed E-state index contributed by atoms with van der Waals surface area (Å²) in [7, 11) is 1.55. The number of phenolic OH excluding ortho intramolecular Hbond substituents is 1. The van der Waals surface area contributed by atoms with Crippen LogP contribution in [-0.4, -0.2) is 53.7 Å². The molecule has 0 heterocycles. The zero-order valence-electron chi connectivity index (χ0n) is 21.2. The Balaban J connectivity index is 2.37. The van der Waals surface area contributed by atoms with Gasteiger partial charge in [0.2, 0.25) is 5.91 Å². The van der Waals surface area contributed by atoms with Crippen LogP contribution in [0.4, 0.5) is 10.5 Å². The number of aromatic hydroxyl groups is 1. The van der Waals surface area contributed by atoms with E-state index in [0.717, 1.165) is 0 Å². The molecular weight excluding hydrogens is 450 g/mol. The number of alkyl carbamates (subject to hydrolysis) is 1. The molecule has 2 aromatic carbocycles. The zero-order valence-corrected chi connectivity index (χ0v) is 21.2. The van der Waals surface area contributed by atoms with Crippen molar-refractivity contribution in [3.63, 3.8) is 0 Å². The van der Waals surface area contributed by atoms with Crippen molar-refractivity contribution < 1.29 is 29.0 Å². The number of anilines is 1. The first-order valence-corrected chi connectivity index (χ1v) is 11.5. The average Bonchev–Trinajstić information content (AvgIpc) is 2.79. The summed E-state index contributed by atoms with van der Waals surface area (Å²) in [4.78, 5) is 40.2. The van der Waals surface area contributed by atoms with Gasteiger partial charge < -0.3 is 30.1 Å². The summed E-state index contributed by atoms with van der Waals surface area (Å²) in [6.45, 7) is 8.60. The van der Waals surface area contributed by atoms with Crippen LogP contribution in [0.3, 0.4) is 0 Å². The maximum atomic E-state index is 13.5. The molecule has 0 aromatic heterocycles. The SMILES string of the molecule is CCCN(C(=O)CNC(=O)OC(C)(C)C)C(C(=O)Nc1ccc(OC)cc1)c1cccc(C)c1O. The lowest BCUT2D eigenvalue weighted by atomic mass is 9.99. The second-order valence-electron chi connectivity index (χ2n) is 9.08. The van der Waals surface area contributed by atoms with Gasteiger partial charge >= 0.3 is 6.09 Å². The summed E-state index contributed by atoms with van der Waals surface area (Å²) in [5.74, 6) is -0.438. The monoisotopic (exact) mass is 485 g/mol. The Morgan fingerprint density at radius 1 is 1.09 bits per heavy atom. The van der Waals surface area contributed by atoms with Crippen molar-refractivity contribution in [3.05, 3.63) is 53.6 Å². The van der Waals surface area contributed by atoms with Crippen LogP contribution in [-0.2, 0) is 14.3 Å². The van der Waals surface area contributed by atoms with Crippen LogP contribution in [0.2, 0.25) is 0 Å². The predicted molar refractivity (Wildman–Crippen MR) is 133 cm³/mol. The van der Waals surface area contributed by atoms with E-state index < -0.39 is 29.6 Å². The van der Waals surface area contributed by atoms with Crippen LogP contribution in [0, 0.1) is 6.92 Å². The highest BCUT2D eigenvalue weighted by Crippen LogP contribution is 2.33. The van der Waals surface area contributed by atoms with E-state index >= 15 is 0 Å². The molecule has 0 saturated heterocycles. The van der Waals surface area contributed by atoms with E-state index in [9.17, 15) is 19.5 Å². The van der Waals surface area contributed by atoms with Crippen LogP contribution in [0.15, 0.2) is 42.5 Å². The smallest absolute Gasteiger partial charge is 0.408 e. The number of nitrogens with one attached hydrogen (secondary N) is 2. The number of nitrogens with zero attached hydrogens (tertiary/aromatic N) is 1. The van der Waals surface area contributed by atoms with Crippen LogP contribution in [0.1, 0.15) is 51.3 Å². The minimum atomic E-state index is -1.13. The van der Waals surface area contributed by atoms with Crippen molar-refractivity contribution in [3.8, 4) is 11.5 Å². The van der Waals surface area contributed by atoms with Crippen molar-refractivity contribution in [1.29, 1.82) is 0 Å². The summed E-state index contributed by atoms with van der Waals surface area (Å²) in [5.41, 5.74) is 0.643. The van der Waals surface area contributed by atoms with Crippen molar-refractivity contribution >= 4 is 23.6 Å². The fourth-order valence-electron chi connectivity index (χ4n) is 3.44. The minimum Gasteiger partial charge on any atom is -0.507 e. The van der Waals surface area contributed by atoms with Crippen molar-refractivity contribution in [1.82, 2.24) is 10.2 Å². The number of para-hydroxylation sites is 1. The number of rotatable bonds is 9. The third kappa shape index (κ3) is 7.91. The quantitative estimate of drug-likeness (QED) is 0.491. The topological polar surface area (TPSA) is 117 Å². The molecule has 0 aliphatic heterocycles. The van der Waals surface area contributed by atoms with Crippen molar-refractivity contribution in [2.45, 2.75) is 52.7 Å². The first-order valence-electron chi connectivity index (χ1n) is 11.5. The largest absolute Gasteiger partial charge is 0.507 e. The van der Waals surface area contributed by atoms with E-state index in [1.807, 2.05) is 6.92 Å². The zero-order chi connectivity index (χ0) is 26.2. The van der Waals surface area contributed by atoms with Gasteiger partial charge in [-0.3, -0.25) is 9.59 Å². The molecule has 35 heavy (non-hydrogen) atoms. The van der Waals surface area contributed by atoms with E-state index in [1.165, 1.54) is 4.90 Å².